The number of rotatable bonds is 4. The van der Waals surface area contributed by atoms with Crippen molar-refractivity contribution in [3.05, 3.63) is 29.7 Å². The maximum absolute atomic E-state index is 14.3. The number of nitrogens with zero attached hydrogens (tertiary/aromatic N) is 1. The van der Waals surface area contributed by atoms with Gasteiger partial charge in [-0.1, -0.05) is 0 Å². The van der Waals surface area contributed by atoms with Crippen molar-refractivity contribution in [2.24, 2.45) is 0 Å². The van der Waals surface area contributed by atoms with Gasteiger partial charge in [-0.15, -0.1) is 11.8 Å². The number of thioether (sulfide) groups is 1. The maximum atomic E-state index is 14.3. The Morgan fingerprint density at radius 1 is 1.53 bits per heavy atom. The second-order valence-corrected chi connectivity index (χ2v) is 4.45. The number of aromatic nitrogens is 2. The molecule has 0 spiro atoms. The molecular formula is C12H11FN2O3S. The quantitative estimate of drug-likeness (QED) is 0.843. The monoisotopic (exact) mass is 282 g/mol. The van der Waals surface area contributed by atoms with Gasteiger partial charge in [-0.2, -0.15) is 5.10 Å². The predicted molar refractivity (Wildman–Crippen MR) is 69.3 cm³/mol. The molecule has 0 aliphatic heterocycles. The van der Waals surface area contributed by atoms with Crippen molar-refractivity contribution >= 4 is 17.7 Å². The largest absolute Gasteiger partial charge is 0.495 e. The number of carboxylic acids is 1. The molecular weight excluding hydrogens is 271 g/mol. The predicted octanol–water partition coefficient (Wildman–Crippen LogP) is 2.64. The molecule has 0 unspecified atom stereocenters. The lowest BCUT2D eigenvalue weighted by Crippen LogP contribution is -1.95. The summed E-state index contributed by atoms with van der Waals surface area (Å²) in [5.74, 6) is -1.18. The summed E-state index contributed by atoms with van der Waals surface area (Å²) in [6, 6.07) is 4.42. The molecule has 2 rings (SSSR count). The van der Waals surface area contributed by atoms with Crippen molar-refractivity contribution < 1.29 is 19.0 Å². The van der Waals surface area contributed by atoms with E-state index in [0.717, 1.165) is 0 Å². The molecule has 0 radical (unpaired) electrons. The highest BCUT2D eigenvalue weighted by Gasteiger charge is 2.17. The number of nitrogens with one attached hydrogen (secondary N) is 1. The Morgan fingerprint density at radius 2 is 2.26 bits per heavy atom. The molecule has 0 amide bonds. The fraction of sp³-hybridized carbons (Fsp3) is 0.167. The Balaban J connectivity index is 2.53. The third-order valence-electron chi connectivity index (χ3n) is 2.57. The van der Waals surface area contributed by atoms with Gasteiger partial charge in [-0.25, -0.2) is 9.18 Å². The van der Waals surface area contributed by atoms with Gasteiger partial charge in [0.25, 0.3) is 0 Å². The van der Waals surface area contributed by atoms with Gasteiger partial charge in [-0.3, -0.25) is 5.10 Å². The van der Waals surface area contributed by atoms with Crippen LogP contribution in [0.25, 0.3) is 11.3 Å². The Hall–Kier alpha value is -2.02. The molecule has 1 aromatic carbocycles. The van der Waals surface area contributed by atoms with Crippen LogP contribution < -0.4 is 4.74 Å². The molecule has 0 saturated carbocycles. The minimum absolute atomic E-state index is 0.0871. The Morgan fingerprint density at radius 3 is 2.79 bits per heavy atom. The van der Waals surface area contributed by atoms with Crippen molar-refractivity contribution in [3.63, 3.8) is 0 Å². The highest BCUT2D eigenvalue weighted by atomic mass is 32.2. The fourth-order valence-corrected chi connectivity index (χ4v) is 2.30. The number of aromatic carboxylic acids is 1. The van der Waals surface area contributed by atoms with Gasteiger partial charge in [0.15, 0.2) is 0 Å². The first-order valence-corrected chi connectivity index (χ1v) is 6.50. The molecule has 2 N–H and O–H groups in total. The van der Waals surface area contributed by atoms with E-state index in [4.69, 9.17) is 9.84 Å². The van der Waals surface area contributed by atoms with E-state index >= 15 is 0 Å². The molecule has 0 atom stereocenters. The molecule has 0 bridgehead atoms. The molecule has 0 fully saturated rings. The zero-order valence-corrected chi connectivity index (χ0v) is 11.0. The minimum Gasteiger partial charge on any atom is -0.495 e. The van der Waals surface area contributed by atoms with Gasteiger partial charge < -0.3 is 9.84 Å². The lowest BCUT2D eigenvalue weighted by Gasteiger charge is -2.09. The van der Waals surface area contributed by atoms with Gasteiger partial charge in [0, 0.05) is 5.56 Å². The summed E-state index contributed by atoms with van der Waals surface area (Å²) in [7, 11) is 1.46. The summed E-state index contributed by atoms with van der Waals surface area (Å²) in [5, 5.41) is 15.0. The molecule has 19 heavy (non-hydrogen) atoms. The molecule has 5 nitrogen and oxygen atoms in total. The van der Waals surface area contributed by atoms with E-state index in [-0.39, 0.29) is 17.0 Å². The van der Waals surface area contributed by atoms with Crippen LogP contribution in [0.3, 0.4) is 0 Å². The van der Waals surface area contributed by atoms with E-state index < -0.39 is 11.8 Å². The molecule has 0 saturated heterocycles. The van der Waals surface area contributed by atoms with Crippen LogP contribution in [0.4, 0.5) is 4.39 Å². The first kappa shape index (κ1) is 13.4. The smallest absolute Gasteiger partial charge is 0.353 e. The summed E-state index contributed by atoms with van der Waals surface area (Å²) >= 11 is 1.21. The first-order valence-electron chi connectivity index (χ1n) is 5.28. The van der Waals surface area contributed by atoms with E-state index in [2.05, 4.69) is 10.2 Å². The molecule has 7 heteroatoms. The van der Waals surface area contributed by atoms with Crippen LogP contribution >= 0.6 is 11.8 Å². The van der Waals surface area contributed by atoms with Gasteiger partial charge in [-0.05, 0) is 24.5 Å². The molecule has 0 aliphatic carbocycles. The van der Waals surface area contributed by atoms with Crippen LogP contribution in [-0.4, -0.2) is 34.6 Å². The van der Waals surface area contributed by atoms with Crippen molar-refractivity contribution in [2.75, 3.05) is 13.4 Å². The van der Waals surface area contributed by atoms with E-state index in [1.807, 2.05) is 0 Å². The first-order chi connectivity index (χ1) is 9.08. The van der Waals surface area contributed by atoms with Gasteiger partial charge >= 0.3 is 5.97 Å². The second kappa shape index (κ2) is 5.31. The Bertz CT molecular complexity index is 627. The third kappa shape index (κ3) is 2.41. The maximum Gasteiger partial charge on any atom is 0.353 e. The number of ether oxygens (including phenoxy) is 1. The minimum atomic E-state index is -1.14. The highest BCUT2D eigenvalue weighted by Crippen LogP contribution is 2.35. The van der Waals surface area contributed by atoms with Crippen molar-refractivity contribution in [1.29, 1.82) is 0 Å². The summed E-state index contributed by atoms with van der Waals surface area (Å²) < 4.78 is 19.4. The van der Waals surface area contributed by atoms with E-state index in [0.29, 0.717) is 10.6 Å². The van der Waals surface area contributed by atoms with Crippen LogP contribution in [0.2, 0.25) is 0 Å². The lowest BCUT2D eigenvalue weighted by atomic mass is 10.1. The molecule has 1 aromatic heterocycles. The zero-order chi connectivity index (χ0) is 14.0. The van der Waals surface area contributed by atoms with Crippen molar-refractivity contribution in [2.45, 2.75) is 4.90 Å². The average Bonchev–Trinajstić information content (AvgIpc) is 2.87. The number of carboxylic acid groups (broad SMARTS) is 1. The number of H-pyrrole nitrogens is 1. The number of carbonyl (C=O) groups is 1. The SMILES string of the molecule is COc1ccc(-c2cc(C(=O)O)[nH]n2)c(F)c1SC. The van der Waals surface area contributed by atoms with Crippen molar-refractivity contribution in [3.8, 4) is 17.0 Å². The van der Waals surface area contributed by atoms with E-state index in [1.165, 1.54) is 31.0 Å². The molecule has 100 valence electrons. The number of halogens is 1. The fourth-order valence-electron chi connectivity index (χ4n) is 1.66. The number of hydrogen-bond acceptors (Lipinski definition) is 4. The number of methoxy groups -OCH3 is 1. The van der Waals surface area contributed by atoms with Crippen LogP contribution in [0.15, 0.2) is 23.1 Å². The van der Waals surface area contributed by atoms with Crippen molar-refractivity contribution in [1.82, 2.24) is 10.2 Å². The van der Waals surface area contributed by atoms with Gasteiger partial charge in [0.2, 0.25) is 0 Å². The summed E-state index contributed by atoms with van der Waals surface area (Å²) in [5.41, 5.74) is 0.387. The Labute approximate surface area is 112 Å². The molecule has 0 aliphatic rings. The summed E-state index contributed by atoms with van der Waals surface area (Å²) in [6.45, 7) is 0. The van der Waals surface area contributed by atoms with Crippen LogP contribution in [-0.2, 0) is 0 Å². The third-order valence-corrected chi connectivity index (χ3v) is 3.36. The van der Waals surface area contributed by atoms with E-state index in [9.17, 15) is 9.18 Å². The van der Waals surface area contributed by atoms with Gasteiger partial charge in [0.1, 0.15) is 17.3 Å². The number of benzene rings is 1. The zero-order valence-electron chi connectivity index (χ0n) is 10.2. The molecule has 2 aromatic rings. The van der Waals surface area contributed by atoms with Crippen LogP contribution in [0.1, 0.15) is 10.5 Å². The Kier molecular flexibility index (Phi) is 3.75. The standard InChI is InChI=1S/C12H11FN2O3S/c1-18-9-4-3-6(10(13)11(9)19-2)7-5-8(12(16)17)15-14-7/h3-5H,1-2H3,(H,14,15)(H,16,17). The average molecular weight is 282 g/mol. The summed E-state index contributed by atoms with van der Waals surface area (Å²) in [4.78, 5) is 11.1. The lowest BCUT2D eigenvalue weighted by molar-refractivity contribution is 0.0690. The van der Waals surface area contributed by atoms with Crippen LogP contribution in [0, 0.1) is 5.82 Å². The van der Waals surface area contributed by atoms with Crippen LogP contribution in [0.5, 0.6) is 5.75 Å². The topological polar surface area (TPSA) is 75.2 Å². The molecule has 1 heterocycles. The number of aromatic amines is 1. The second-order valence-electron chi connectivity index (χ2n) is 3.63. The number of hydrogen-bond donors (Lipinski definition) is 2. The normalized spacial score (nSPS) is 10.5. The van der Waals surface area contributed by atoms with E-state index in [1.54, 1.807) is 12.3 Å². The van der Waals surface area contributed by atoms with Gasteiger partial charge in [0.05, 0.1) is 17.7 Å². The highest BCUT2D eigenvalue weighted by molar-refractivity contribution is 7.98. The summed E-state index contributed by atoms with van der Waals surface area (Å²) in [6.07, 6.45) is 1.73.